The van der Waals surface area contributed by atoms with E-state index >= 15 is 0 Å². The Morgan fingerprint density at radius 1 is 1.42 bits per heavy atom. The van der Waals surface area contributed by atoms with Gasteiger partial charge in [-0.1, -0.05) is 18.5 Å². The highest BCUT2D eigenvalue weighted by Gasteiger charge is 2.22. The molecule has 4 heteroatoms. The van der Waals surface area contributed by atoms with Crippen molar-refractivity contribution in [3.8, 4) is 11.5 Å². The fourth-order valence-corrected chi connectivity index (χ4v) is 2.46. The van der Waals surface area contributed by atoms with Crippen LogP contribution in [0.3, 0.4) is 0 Å². The minimum Gasteiger partial charge on any atom is -0.493 e. The molecule has 0 saturated heterocycles. The highest BCUT2D eigenvalue weighted by Crippen LogP contribution is 2.39. The number of benzene rings is 1. The number of carbonyl (C=O) groups excluding carboxylic acids is 1. The van der Waals surface area contributed by atoms with E-state index in [-0.39, 0.29) is 12.0 Å². The van der Waals surface area contributed by atoms with Crippen LogP contribution in [0.2, 0.25) is 5.02 Å². The van der Waals surface area contributed by atoms with Gasteiger partial charge in [-0.3, -0.25) is 0 Å². The van der Waals surface area contributed by atoms with Crippen LogP contribution in [-0.2, 0) is 4.79 Å². The number of ether oxygens (including phenoxy) is 2. The van der Waals surface area contributed by atoms with Crippen molar-refractivity contribution in [3.05, 3.63) is 22.7 Å². The fourth-order valence-electron chi connectivity index (χ4n) is 2.12. The molecule has 0 radical (unpaired) electrons. The first-order valence-electron chi connectivity index (χ1n) is 6.63. The van der Waals surface area contributed by atoms with Gasteiger partial charge in [-0.2, -0.15) is 0 Å². The summed E-state index contributed by atoms with van der Waals surface area (Å²) in [6, 6.07) is 3.68. The van der Waals surface area contributed by atoms with Crippen molar-refractivity contribution in [2.75, 3.05) is 7.11 Å². The van der Waals surface area contributed by atoms with Crippen molar-refractivity contribution < 1.29 is 14.3 Å². The van der Waals surface area contributed by atoms with Gasteiger partial charge >= 0.3 is 0 Å². The van der Waals surface area contributed by atoms with Crippen LogP contribution in [-0.4, -0.2) is 19.5 Å². The van der Waals surface area contributed by atoms with E-state index in [0.29, 0.717) is 17.2 Å². The molecule has 19 heavy (non-hydrogen) atoms. The van der Waals surface area contributed by atoms with Gasteiger partial charge in [-0.15, -0.1) is 0 Å². The minimum atomic E-state index is 0.0830. The van der Waals surface area contributed by atoms with E-state index in [1.165, 1.54) is 6.42 Å². The van der Waals surface area contributed by atoms with Crippen LogP contribution < -0.4 is 9.47 Å². The summed E-state index contributed by atoms with van der Waals surface area (Å²) < 4.78 is 11.2. The Kier molecular flexibility index (Phi) is 4.70. The Hall–Kier alpha value is -1.22. The van der Waals surface area contributed by atoms with Gasteiger partial charge in [0.05, 0.1) is 13.2 Å². The molecule has 2 rings (SSSR count). The summed E-state index contributed by atoms with van der Waals surface area (Å²) >= 11 is 6.24. The molecule has 0 bridgehead atoms. The van der Waals surface area contributed by atoms with Crippen molar-refractivity contribution in [2.24, 2.45) is 0 Å². The first-order chi connectivity index (χ1) is 9.15. The van der Waals surface area contributed by atoms with Gasteiger partial charge in [0, 0.05) is 17.5 Å². The number of carbonyl (C=O) groups is 1. The second-order valence-corrected chi connectivity index (χ2v) is 5.41. The maximum atomic E-state index is 10.6. The molecule has 0 aromatic heterocycles. The topological polar surface area (TPSA) is 35.5 Å². The molecule has 1 aliphatic rings. The summed E-state index contributed by atoms with van der Waals surface area (Å²) in [5, 5.41) is 0.618. The van der Waals surface area contributed by atoms with E-state index in [0.717, 1.165) is 30.4 Å². The van der Waals surface area contributed by atoms with Crippen LogP contribution in [0, 0.1) is 0 Å². The van der Waals surface area contributed by atoms with E-state index in [1.54, 1.807) is 13.2 Å². The number of aldehydes is 1. The number of rotatable bonds is 6. The van der Waals surface area contributed by atoms with Crippen molar-refractivity contribution in [1.82, 2.24) is 0 Å². The van der Waals surface area contributed by atoms with Gasteiger partial charge < -0.3 is 14.3 Å². The largest absolute Gasteiger partial charge is 0.493 e. The molecular formula is C15H19ClO3. The molecule has 1 fully saturated rings. The standard InChI is InChI=1S/C15H19ClO3/c1-10(6-7-17)12-8-15(19-11-4-3-5-11)14(18-2)9-13(12)16/h7-11H,3-6H2,1-2H3. The molecule has 1 atom stereocenters. The van der Waals surface area contributed by atoms with E-state index in [4.69, 9.17) is 21.1 Å². The zero-order chi connectivity index (χ0) is 13.8. The maximum Gasteiger partial charge on any atom is 0.162 e. The average molecular weight is 283 g/mol. The van der Waals surface area contributed by atoms with Crippen molar-refractivity contribution in [3.63, 3.8) is 0 Å². The van der Waals surface area contributed by atoms with Crippen LogP contribution >= 0.6 is 11.6 Å². The average Bonchev–Trinajstić information content (AvgIpc) is 2.34. The summed E-state index contributed by atoms with van der Waals surface area (Å²) in [6.45, 7) is 1.98. The smallest absolute Gasteiger partial charge is 0.162 e. The number of hydrogen-bond acceptors (Lipinski definition) is 3. The lowest BCUT2D eigenvalue weighted by Gasteiger charge is -2.28. The summed E-state index contributed by atoms with van der Waals surface area (Å²) in [5.41, 5.74) is 0.934. The molecule has 0 spiro atoms. The van der Waals surface area contributed by atoms with Crippen molar-refractivity contribution in [1.29, 1.82) is 0 Å². The van der Waals surface area contributed by atoms with Crippen molar-refractivity contribution in [2.45, 2.75) is 44.6 Å². The van der Waals surface area contributed by atoms with Crippen LogP contribution in [0.25, 0.3) is 0 Å². The Bertz CT molecular complexity index is 455. The molecule has 0 aliphatic heterocycles. The molecule has 1 aromatic carbocycles. The van der Waals surface area contributed by atoms with E-state index in [1.807, 2.05) is 13.0 Å². The summed E-state index contributed by atoms with van der Waals surface area (Å²) in [7, 11) is 1.60. The van der Waals surface area contributed by atoms with E-state index in [2.05, 4.69) is 0 Å². The molecule has 104 valence electrons. The lowest BCUT2D eigenvalue weighted by Crippen LogP contribution is -2.24. The fraction of sp³-hybridized carbons (Fsp3) is 0.533. The molecule has 0 heterocycles. The second-order valence-electron chi connectivity index (χ2n) is 5.00. The van der Waals surface area contributed by atoms with Gasteiger partial charge in [0.25, 0.3) is 0 Å². The van der Waals surface area contributed by atoms with Crippen LogP contribution in [0.1, 0.15) is 44.1 Å². The van der Waals surface area contributed by atoms with Crippen molar-refractivity contribution >= 4 is 17.9 Å². The van der Waals surface area contributed by atoms with Gasteiger partial charge in [0.1, 0.15) is 6.29 Å². The summed E-state index contributed by atoms with van der Waals surface area (Å²) in [4.78, 5) is 10.6. The predicted octanol–water partition coefficient (Wildman–Crippen LogP) is 3.97. The van der Waals surface area contributed by atoms with Gasteiger partial charge in [0.2, 0.25) is 0 Å². The zero-order valence-corrected chi connectivity index (χ0v) is 12.1. The Balaban J connectivity index is 2.27. The molecule has 1 aromatic rings. The zero-order valence-electron chi connectivity index (χ0n) is 11.3. The lowest BCUT2D eigenvalue weighted by atomic mass is 9.95. The Morgan fingerprint density at radius 2 is 2.16 bits per heavy atom. The normalized spacial score (nSPS) is 16.6. The van der Waals surface area contributed by atoms with Crippen LogP contribution in [0.4, 0.5) is 0 Å². The number of hydrogen-bond donors (Lipinski definition) is 0. The molecule has 1 saturated carbocycles. The second kappa shape index (κ2) is 6.29. The number of methoxy groups -OCH3 is 1. The van der Waals surface area contributed by atoms with Crippen LogP contribution in [0.15, 0.2) is 12.1 Å². The minimum absolute atomic E-state index is 0.0830. The van der Waals surface area contributed by atoms with E-state index < -0.39 is 0 Å². The first kappa shape index (κ1) is 14.2. The van der Waals surface area contributed by atoms with Crippen LogP contribution in [0.5, 0.6) is 11.5 Å². The first-order valence-corrected chi connectivity index (χ1v) is 7.01. The number of halogens is 1. The SMILES string of the molecule is COc1cc(Cl)c(C(C)CC=O)cc1OC1CCC1. The van der Waals surface area contributed by atoms with Gasteiger partial charge in [-0.25, -0.2) is 0 Å². The third-order valence-corrected chi connectivity index (χ3v) is 3.94. The monoisotopic (exact) mass is 282 g/mol. The summed E-state index contributed by atoms with van der Waals surface area (Å²) in [5.74, 6) is 1.46. The predicted molar refractivity (Wildman–Crippen MR) is 75.4 cm³/mol. The molecule has 0 amide bonds. The highest BCUT2D eigenvalue weighted by atomic mass is 35.5. The highest BCUT2D eigenvalue weighted by molar-refractivity contribution is 6.31. The molecule has 1 aliphatic carbocycles. The molecule has 0 N–H and O–H groups in total. The van der Waals surface area contributed by atoms with Gasteiger partial charge in [-0.05, 0) is 36.8 Å². The lowest BCUT2D eigenvalue weighted by molar-refractivity contribution is -0.108. The Labute approximate surface area is 118 Å². The van der Waals surface area contributed by atoms with E-state index in [9.17, 15) is 4.79 Å². The summed E-state index contributed by atoms with van der Waals surface area (Å²) in [6.07, 6.45) is 5.04. The third kappa shape index (κ3) is 3.21. The maximum absolute atomic E-state index is 10.6. The third-order valence-electron chi connectivity index (χ3n) is 3.61. The molecule has 1 unspecified atom stereocenters. The quantitative estimate of drug-likeness (QED) is 0.741. The molecule has 3 nitrogen and oxygen atoms in total. The molecular weight excluding hydrogens is 264 g/mol. The van der Waals surface area contributed by atoms with Gasteiger partial charge in [0.15, 0.2) is 11.5 Å². The Morgan fingerprint density at radius 3 is 2.68 bits per heavy atom.